The summed E-state index contributed by atoms with van der Waals surface area (Å²) in [5.41, 5.74) is 5.29. The Balaban J connectivity index is 1.29. The standard InChI is InChI=1S/C31H23FN2O2/c32-26-14-11-21(12-15-26)19-34-20-25-17-24-13-16-29(33-28(24)18-27(25)31(34)35)36-30(22-7-3-1-4-8-22)23-9-5-2-6-10-23/h1-18,30H,19-20H2. The van der Waals surface area contributed by atoms with Crippen LogP contribution in [-0.2, 0) is 13.1 Å². The van der Waals surface area contributed by atoms with Crippen molar-refractivity contribution in [3.63, 3.8) is 0 Å². The molecule has 4 aromatic carbocycles. The van der Waals surface area contributed by atoms with Crippen molar-refractivity contribution in [1.82, 2.24) is 9.88 Å². The zero-order valence-electron chi connectivity index (χ0n) is 19.5. The summed E-state index contributed by atoms with van der Waals surface area (Å²) < 4.78 is 19.7. The molecule has 1 amide bonds. The van der Waals surface area contributed by atoms with E-state index in [-0.39, 0.29) is 17.8 Å². The van der Waals surface area contributed by atoms with E-state index in [1.54, 1.807) is 17.0 Å². The molecule has 1 aromatic heterocycles. The predicted molar refractivity (Wildman–Crippen MR) is 137 cm³/mol. The molecular formula is C31H23FN2O2. The molecule has 2 heterocycles. The molecule has 5 heteroatoms. The van der Waals surface area contributed by atoms with Crippen molar-refractivity contribution in [1.29, 1.82) is 0 Å². The summed E-state index contributed by atoms with van der Waals surface area (Å²) in [5, 5.41) is 0.952. The molecule has 0 spiro atoms. The van der Waals surface area contributed by atoms with Crippen molar-refractivity contribution >= 4 is 16.8 Å². The van der Waals surface area contributed by atoms with Crippen LogP contribution in [0.5, 0.6) is 5.88 Å². The SMILES string of the molecule is O=C1c2cc3nc(OC(c4ccccc4)c4ccccc4)ccc3cc2CN1Cc1ccc(F)cc1. The monoisotopic (exact) mass is 474 g/mol. The molecule has 1 aliphatic heterocycles. The number of ether oxygens (including phenoxy) is 1. The van der Waals surface area contributed by atoms with Gasteiger partial charge < -0.3 is 9.64 Å². The van der Waals surface area contributed by atoms with E-state index in [9.17, 15) is 9.18 Å². The van der Waals surface area contributed by atoms with E-state index in [0.717, 1.165) is 27.6 Å². The van der Waals surface area contributed by atoms with Crippen LogP contribution in [0.15, 0.2) is 109 Å². The molecule has 0 fully saturated rings. The average Bonchev–Trinajstić information content (AvgIpc) is 3.22. The Bertz CT molecular complexity index is 1500. The van der Waals surface area contributed by atoms with E-state index in [0.29, 0.717) is 30.0 Å². The third kappa shape index (κ3) is 4.31. The quantitative estimate of drug-likeness (QED) is 0.275. The van der Waals surface area contributed by atoms with Crippen LogP contribution in [0.1, 0.15) is 38.7 Å². The lowest BCUT2D eigenvalue weighted by Crippen LogP contribution is -2.23. The number of nitrogens with zero attached hydrogens (tertiary/aromatic N) is 2. The number of halogens is 1. The maximum absolute atomic E-state index is 13.3. The Hall–Kier alpha value is -4.51. The second-order valence-electron chi connectivity index (χ2n) is 8.96. The van der Waals surface area contributed by atoms with E-state index >= 15 is 0 Å². The summed E-state index contributed by atoms with van der Waals surface area (Å²) in [6.07, 6.45) is -0.306. The van der Waals surface area contributed by atoms with Crippen molar-refractivity contribution in [3.05, 3.63) is 143 Å². The molecule has 4 nitrogen and oxygen atoms in total. The minimum Gasteiger partial charge on any atom is -0.465 e. The highest BCUT2D eigenvalue weighted by atomic mass is 19.1. The average molecular weight is 475 g/mol. The highest BCUT2D eigenvalue weighted by Crippen LogP contribution is 2.32. The first-order valence-electron chi connectivity index (χ1n) is 11.9. The van der Waals surface area contributed by atoms with Crippen molar-refractivity contribution in [2.75, 3.05) is 0 Å². The molecule has 0 N–H and O–H groups in total. The zero-order valence-corrected chi connectivity index (χ0v) is 19.5. The fourth-order valence-corrected chi connectivity index (χ4v) is 4.69. The largest absolute Gasteiger partial charge is 0.465 e. The fraction of sp³-hybridized carbons (Fsp3) is 0.0968. The van der Waals surface area contributed by atoms with Gasteiger partial charge in [-0.15, -0.1) is 0 Å². The zero-order chi connectivity index (χ0) is 24.5. The van der Waals surface area contributed by atoms with Gasteiger partial charge in [0.25, 0.3) is 5.91 Å². The molecule has 0 unspecified atom stereocenters. The molecule has 36 heavy (non-hydrogen) atoms. The van der Waals surface area contributed by atoms with Gasteiger partial charge in [0.1, 0.15) is 5.82 Å². The van der Waals surface area contributed by atoms with Crippen LogP contribution in [-0.4, -0.2) is 15.8 Å². The van der Waals surface area contributed by atoms with Gasteiger partial charge in [-0.2, -0.15) is 0 Å². The first-order chi connectivity index (χ1) is 17.6. The molecule has 176 valence electrons. The summed E-state index contributed by atoms with van der Waals surface area (Å²) in [4.78, 5) is 19.7. The van der Waals surface area contributed by atoms with Crippen molar-refractivity contribution in [2.45, 2.75) is 19.2 Å². The van der Waals surface area contributed by atoms with Crippen LogP contribution in [0.4, 0.5) is 4.39 Å². The third-order valence-corrected chi connectivity index (χ3v) is 6.50. The highest BCUT2D eigenvalue weighted by molar-refractivity contribution is 6.02. The summed E-state index contributed by atoms with van der Waals surface area (Å²) in [6, 6.07) is 34.1. The van der Waals surface area contributed by atoms with Crippen molar-refractivity contribution in [2.24, 2.45) is 0 Å². The van der Waals surface area contributed by atoms with Gasteiger partial charge >= 0.3 is 0 Å². The van der Waals surface area contributed by atoms with Gasteiger partial charge in [0.15, 0.2) is 6.10 Å². The Kier molecular flexibility index (Phi) is 5.66. The number of fused-ring (bicyclic) bond motifs is 2. The van der Waals surface area contributed by atoms with Crippen LogP contribution in [0.2, 0.25) is 0 Å². The molecule has 5 aromatic rings. The lowest BCUT2D eigenvalue weighted by molar-refractivity contribution is 0.0766. The topological polar surface area (TPSA) is 42.4 Å². The number of carbonyl (C=O) groups excluding carboxylic acids is 1. The highest BCUT2D eigenvalue weighted by Gasteiger charge is 2.28. The van der Waals surface area contributed by atoms with E-state index in [4.69, 9.17) is 9.72 Å². The Morgan fingerprint density at radius 3 is 2.17 bits per heavy atom. The molecule has 0 saturated heterocycles. The Morgan fingerprint density at radius 2 is 1.50 bits per heavy atom. The van der Waals surface area contributed by atoms with Crippen LogP contribution in [0, 0.1) is 5.82 Å². The van der Waals surface area contributed by atoms with Gasteiger partial charge in [-0.1, -0.05) is 72.8 Å². The van der Waals surface area contributed by atoms with E-state index in [2.05, 4.69) is 0 Å². The molecule has 0 aliphatic carbocycles. The smallest absolute Gasteiger partial charge is 0.254 e. The van der Waals surface area contributed by atoms with Crippen LogP contribution < -0.4 is 4.74 Å². The first kappa shape index (κ1) is 22.0. The van der Waals surface area contributed by atoms with E-state index < -0.39 is 0 Å². The van der Waals surface area contributed by atoms with E-state index in [1.807, 2.05) is 84.9 Å². The van der Waals surface area contributed by atoms with Gasteiger partial charge in [0, 0.05) is 30.1 Å². The molecular weight excluding hydrogens is 451 g/mol. The van der Waals surface area contributed by atoms with Crippen LogP contribution in [0.25, 0.3) is 10.9 Å². The molecule has 0 atom stereocenters. The maximum Gasteiger partial charge on any atom is 0.254 e. The van der Waals surface area contributed by atoms with Gasteiger partial charge in [-0.3, -0.25) is 4.79 Å². The summed E-state index contributed by atoms with van der Waals surface area (Å²) in [7, 11) is 0. The second kappa shape index (κ2) is 9.27. The second-order valence-corrected chi connectivity index (χ2v) is 8.96. The van der Waals surface area contributed by atoms with Gasteiger partial charge in [-0.25, -0.2) is 9.37 Å². The lowest BCUT2D eigenvalue weighted by Gasteiger charge is -2.19. The molecule has 0 bridgehead atoms. The maximum atomic E-state index is 13.3. The molecule has 6 rings (SSSR count). The lowest BCUT2D eigenvalue weighted by atomic mass is 10.0. The first-order valence-corrected chi connectivity index (χ1v) is 11.9. The Labute approximate surface area is 208 Å². The fourth-order valence-electron chi connectivity index (χ4n) is 4.69. The molecule has 1 aliphatic rings. The number of carbonyl (C=O) groups is 1. The van der Waals surface area contributed by atoms with E-state index in [1.165, 1.54) is 12.1 Å². The Morgan fingerprint density at radius 1 is 0.833 bits per heavy atom. The number of amides is 1. The number of rotatable bonds is 6. The summed E-state index contributed by atoms with van der Waals surface area (Å²) >= 11 is 0. The number of hydrogen-bond acceptors (Lipinski definition) is 3. The number of benzene rings is 4. The van der Waals surface area contributed by atoms with Crippen LogP contribution >= 0.6 is 0 Å². The number of pyridine rings is 1. The number of aromatic nitrogens is 1. The van der Waals surface area contributed by atoms with Gasteiger partial charge in [0.2, 0.25) is 5.88 Å². The van der Waals surface area contributed by atoms with Gasteiger partial charge in [0.05, 0.1) is 5.52 Å². The number of hydrogen-bond donors (Lipinski definition) is 0. The molecule has 0 radical (unpaired) electrons. The van der Waals surface area contributed by atoms with Crippen molar-refractivity contribution < 1.29 is 13.9 Å². The molecule has 0 saturated carbocycles. The van der Waals surface area contributed by atoms with Crippen LogP contribution in [0.3, 0.4) is 0 Å². The summed E-state index contributed by atoms with van der Waals surface area (Å²) in [5.74, 6) is 0.163. The minimum atomic E-state index is -0.306. The normalized spacial score (nSPS) is 12.8. The van der Waals surface area contributed by atoms with Gasteiger partial charge in [-0.05, 0) is 52.6 Å². The van der Waals surface area contributed by atoms with Crippen molar-refractivity contribution in [3.8, 4) is 5.88 Å². The predicted octanol–water partition coefficient (Wildman–Crippen LogP) is 6.70. The minimum absolute atomic E-state index is 0.0456. The third-order valence-electron chi connectivity index (χ3n) is 6.50. The summed E-state index contributed by atoms with van der Waals surface area (Å²) in [6.45, 7) is 0.950.